The maximum atomic E-state index is 9.61. The van der Waals surface area contributed by atoms with Crippen molar-refractivity contribution in [1.82, 2.24) is 5.06 Å². The molecule has 3 rings (SSSR count). The molecule has 3 heterocycles. The summed E-state index contributed by atoms with van der Waals surface area (Å²) in [7, 11) is 0. The minimum atomic E-state index is 0.274. The summed E-state index contributed by atoms with van der Waals surface area (Å²) in [5, 5.41) is 10.8. The number of hydroxylamine groups is 2. The van der Waals surface area contributed by atoms with E-state index in [9.17, 15) is 5.21 Å². The van der Waals surface area contributed by atoms with Gasteiger partial charge in [0.05, 0.1) is 12.2 Å². The van der Waals surface area contributed by atoms with Crippen LogP contribution in [0.25, 0.3) is 0 Å². The van der Waals surface area contributed by atoms with E-state index in [1.807, 2.05) is 0 Å². The lowest BCUT2D eigenvalue weighted by Gasteiger charge is -2.18. The number of fused-ring (bicyclic) bond motifs is 5. The highest BCUT2D eigenvalue weighted by Gasteiger charge is 2.56. The first-order valence-corrected chi connectivity index (χ1v) is 4.72. The molecule has 70 valence electrons. The number of hydrogen-bond donors (Lipinski definition) is 1. The molecule has 0 spiro atoms. The van der Waals surface area contributed by atoms with Crippen molar-refractivity contribution >= 4 is 0 Å². The molecule has 0 saturated carbocycles. The molecule has 3 aliphatic rings. The van der Waals surface area contributed by atoms with E-state index in [0.717, 1.165) is 29.3 Å². The van der Waals surface area contributed by atoms with Gasteiger partial charge in [-0.15, -0.1) is 0 Å². The Labute approximate surface area is 77.2 Å². The molecule has 13 heavy (non-hydrogen) atoms. The van der Waals surface area contributed by atoms with E-state index in [1.54, 1.807) is 0 Å². The van der Waals surface area contributed by atoms with Crippen LogP contribution in [0.15, 0.2) is 24.6 Å². The van der Waals surface area contributed by atoms with Gasteiger partial charge in [0.25, 0.3) is 0 Å². The molecule has 3 fully saturated rings. The minimum Gasteiger partial charge on any atom is -0.374 e. The van der Waals surface area contributed by atoms with Gasteiger partial charge in [-0.05, 0) is 12.8 Å². The first-order chi connectivity index (χ1) is 6.20. The SMILES string of the molecule is C=C1C2C3CC[C@@H](O3)C2C(=C)N1O. The number of hydrogen-bond acceptors (Lipinski definition) is 3. The van der Waals surface area contributed by atoms with E-state index in [4.69, 9.17) is 4.74 Å². The van der Waals surface area contributed by atoms with Crippen molar-refractivity contribution in [3.63, 3.8) is 0 Å². The lowest BCUT2D eigenvalue weighted by molar-refractivity contribution is -0.0266. The molecule has 0 aromatic rings. The number of rotatable bonds is 0. The zero-order chi connectivity index (χ0) is 9.16. The molecular weight excluding hydrogens is 166 g/mol. The zero-order valence-corrected chi connectivity index (χ0v) is 7.44. The van der Waals surface area contributed by atoms with Crippen LogP contribution in [-0.4, -0.2) is 22.5 Å². The summed E-state index contributed by atoms with van der Waals surface area (Å²) in [5.74, 6) is 0.576. The van der Waals surface area contributed by atoms with Gasteiger partial charge in [0.2, 0.25) is 0 Å². The molecule has 0 amide bonds. The molecule has 3 nitrogen and oxygen atoms in total. The Morgan fingerprint density at radius 3 is 2.08 bits per heavy atom. The van der Waals surface area contributed by atoms with E-state index in [2.05, 4.69) is 13.2 Å². The Balaban J connectivity index is 2.03. The van der Waals surface area contributed by atoms with Crippen molar-refractivity contribution in [2.75, 3.05) is 0 Å². The van der Waals surface area contributed by atoms with Crippen LogP contribution in [0.3, 0.4) is 0 Å². The van der Waals surface area contributed by atoms with Crippen LogP contribution in [-0.2, 0) is 4.74 Å². The van der Waals surface area contributed by atoms with Crippen molar-refractivity contribution in [3.05, 3.63) is 24.6 Å². The Kier molecular flexibility index (Phi) is 1.26. The molecule has 3 unspecified atom stereocenters. The van der Waals surface area contributed by atoms with Crippen LogP contribution in [0.4, 0.5) is 0 Å². The average Bonchev–Trinajstić information content (AvgIpc) is 2.76. The molecular formula is C10H13NO2. The van der Waals surface area contributed by atoms with Crippen LogP contribution < -0.4 is 0 Å². The predicted octanol–water partition coefficient (Wildman–Crippen LogP) is 1.51. The topological polar surface area (TPSA) is 32.7 Å². The van der Waals surface area contributed by atoms with E-state index in [0.29, 0.717) is 0 Å². The van der Waals surface area contributed by atoms with Crippen LogP contribution >= 0.6 is 0 Å². The van der Waals surface area contributed by atoms with Crippen molar-refractivity contribution < 1.29 is 9.94 Å². The molecule has 2 bridgehead atoms. The van der Waals surface area contributed by atoms with Gasteiger partial charge in [-0.1, -0.05) is 13.2 Å². The van der Waals surface area contributed by atoms with Crippen LogP contribution in [0, 0.1) is 11.8 Å². The second kappa shape index (κ2) is 2.16. The van der Waals surface area contributed by atoms with E-state index < -0.39 is 0 Å². The second-order valence-corrected chi connectivity index (χ2v) is 4.14. The van der Waals surface area contributed by atoms with Crippen molar-refractivity contribution in [2.24, 2.45) is 11.8 Å². The molecule has 3 aliphatic heterocycles. The normalized spacial score (nSPS) is 47.6. The van der Waals surface area contributed by atoms with Crippen LogP contribution in [0.5, 0.6) is 0 Å². The minimum absolute atomic E-state index is 0.274. The average molecular weight is 179 g/mol. The molecule has 0 aromatic heterocycles. The zero-order valence-electron chi connectivity index (χ0n) is 7.44. The molecule has 0 aromatic carbocycles. The van der Waals surface area contributed by atoms with Crippen molar-refractivity contribution in [3.8, 4) is 0 Å². The number of ether oxygens (including phenoxy) is 1. The highest BCUT2D eigenvalue weighted by Crippen LogP contribution is 2.54. The van der Waals surface area contributed by atoms with E-state index in [1.165, 1.54) is 0 Å². The largest absolute Gasteiger partial charge is 0.374 e. The third-order valence-corrected chi connectivity index (χ3v) is 3.59. The van der Waals surface area contributed by atoms with E-state index in [-0.39, 0.29) is 24.0 Å². The van der Waals surface area contributed by atoms with Gasteiger partial charge < -0.3 is 4.74 Å². The lowest BCUT2D eigenvalue weighted by Crippen LogP contribution is -2.23. The standard InChI is InChI=1S/C10H13NO2/c1-5-9-7-3-4-8(13-7)10(9)6(2)11(5)12/h7-10,12H,1-4H2/t7-,8?,9?,10?/m1/s1. The lowest BCUT2D eigenvalue weighted by atomic mass is 9.79. The van der Waals surface area contributed by atoms with Crippen LogP contribution in [0.2, 0.25) is 0 Å². The summed E-state index contributed by atoms with van der Waals surface area (Å²) < 4.78 is 5.77. The molecule has 3 heteroatoms. The number of nitrogens with zero attached hydrogens (tertiary/aromatic N) is 1. The molecule has 1 N–H and O–H groups in total. The maximum absolute atomic E-state index is 9.61. The quantitative estimate of drug-likeness (QED) is 0.612. The third-order valence-electron chi connectivity index (χ3n) is 3.59. The second-order valence-electron chi connectivity index (χ2n) is 4.14. The summed E-state index contributed by atoms with van der Waals surface area (Å²) >= 11 is 0. The molecule has 4 atom stereocenters. The molecule has 0 aliphatic carbocycles. The summed E-state index contributed by atoms with van der Waals surface area (Å²) in [5.41, 5.74) is 1.53. The van der Waals surface area contributed by atoms with Crippen molar-refractivity contribution in [1.29, 1.82) is 0 Å². The van der Waals surface area contributed by atoms with Gasteiger partial charge in [-0.25, -0.2) is 5.06 Å². The Morgan fingerprint density at radius 1 is 1.15 bits per heavy atom. The first-order valence-electron chi connectivity index (χ1n) is 4.72. The van der Waals surface area contributed by atoms with Gasteiger partial charge in [0, 0.05) is 23.2 Å². The van der Waals surface area contributed by atoms with Crippen LogP contribution in [0.1, 0.15) is 12.8 Å². The fraction of sp³-hybridized carbons (Fsp3) is 0.600. The fourth-order valence-corrected chi connectivity index (χ4v) is 2.99. The third kappa shape index (κ3) is 0.723. The Morgan fingerprint density at radius 2 is 1.62 bits per heavy atom. The van der Waals surface area contributed by atoms with Crippen molar-refractivity contribution in [2.45, 2.75) is 25.0 Å². The fourth-order valence-electron chi connectivity index (χ4n) is 2.99. The summed E-state index contributed by atoms with van der Waals surface area (Å²) in [6.07, 6.45) is 2.76. The van der Waals surface area contributed by atoms with Gasteiger partial charge in [0.1, 0.15) is 0 Å². The van der Waals surface area contributed by atoms with Gasteiger partial charge >= 0.3 is 0 Å². The van der Waals surface area contributed by atoms with Gasteiger partial charge in [-0.2, -0.15) is 0 Å². The summed E-state index contributed by atoms with van der Waals surface area (Å²) in [6, 6.07) is 0. The van der Waals surface area contributed by atoms with Gasteiger partial charge in [-0.3, -0.25) is 5.21 Å². The predicted molar refractivity (Wildman–Crippen MR) is 46.8 cm³/mol. The highest BCUT2D eigenvalue weighted by molar-refractivity contribution is 5.28. The first kappa shape index (κ1) is 7.59. The summed E-state index contributed by atoms with van der Waals surface area (Å²) in [6.45, 7) is 7.76. The Bertz CT molecular complexity index is 271. The monoisotopic (exact) mass is 179 g/mol. The summed E-state index contributed by atoms with van der Waals surface area (Å²) in [4.78, 5) is 0. The molecule has 3 saturated heterocycles. The smallest absolute Gasteiger partial charge is 0.0671 e. The maximum Gasteiger partial charge on any atom is 0.0671 e. The van der Waals surface area contributed by atoms with E-state index >= 15 is 0 Å². The Hall–Kier alpha value is -0.800. The highest BCUT2D eigenvalue weighted by atomic mass is 16.5. The molecule has 0 radical (unpaired) electrons. The van der Waals surface area contributed by atoms with Gasteiger partial charge in [0.15, 0.2) is 0 Å².